The molecule has 0 spiro atoms. The van der Waals surface area contributed by atoms with Crippen molar-refractivity contribution >= 4 is 22.4 Å². The molecule has 1 aromatic heterocycles. The Morgan fingerprint density at radius 3 is 2.56 bits per heavy atom. The summed E-state index contributed by atoms with van der Waals surface area (Å²) in [6.07, 6.45) is 0.530. The molecule has 1 unspecified atom stereocenters. The molecule has 102 valence electrons. The molecule has 1 aromatic rings. The number of nitrogen functional groups attached to an aromatic ring is 1. The van der Waals surface area contributed by atoms with Gasteiger partial charge in [-0.1, -0.05) is 32.1 Å². The van der Waals surface area contributed by atoms with Crippen LogP contribution in [0.2, 0.25) is 0 Å². The van der Waals surface area contributed by atoms with Crippen molar-refractivity contribution in [2.45, 2.75) is 40.2 Å². The number of aliphatic hydroxyl groups is 1. The number of thiazole rings is 1. The first-order valence-electron chi connectivity index (χ1n) is 5.90. The summed E-state index contributed by atoms with van der Waals surface area (Å²) in [5.74, 6) is -0.171. The Balaban J connectivity index is 2.82. The first kappa shape index (κ1) is 14.9. The normalized spacial score (nSPS) is 13.4. The predicted molar refractivity (Wildman–Crippen MR) is 73.7 cm³/mol. The average molecular weight is 271 g/mol. The standard InChI is InChI=1S/C12H21N3O2S/c1-7-9(18-11(13)14-7)10(17)15-8(5-6-16)12(2,3)4/h8,16H,5-6H2,1-4H3,(H2,13,14)(H,15,17). The second kappa shape index (κ2) is 5.67. The Kier molecular flexibility index (Phi) is 4.70. The number of amides is 1. The molecule has 0 aliphatic heterocycles. The number of nitrogens with two attached hydrogens (primary N) is 1. The second-order valence-electron chi connectivity index (χ2n) is 5.37. The van der Waals surface area contributed by atoms with Gasteiger partial charge in [0.25, 0.3) is 5.91 Å². The largest absolute Gasteiger partial charge is 0.396 e. The van der Waals surface area contributed by atoms with Crippen LogP contribution in [0.5, 0.6) is 0 Å². The van der Waals surface area contributed by atoms with Gasteiger partial charge in [0.2, 0.25) is 0 Å². The molecular weight excluding hydrogens is 250 g/mol. The number of anilines is 1. The number of hydrogen-bond acceptors (Lipinski definition) is 5. The van der Waals surface area contributed by atoms with Crippen LogP contribution in [0.4, 0.5) is 5.13 Å². The maximum Gasteiger partial charge on any atom is 0.263 e. The molecule has 1 amide bonds. The van der Waals surface area contributed by atoms with Gasteiger partial charge in [0.05, 0.1) is 5.69 Å². The van der Waals surface area contributed by atoms with Crippen LogP contribution in [0.3, 0.4) is 0 Å². The van der Waals surface area contributed by atoms with Gasteiger partial charge in [-0.15, -0.1) is 0 Å². The lowest BCUT2D eigenvalue weighted by molar-refractivity contribution is 0.0888. The number of aryl methyl sites for hydroxylation is 1. The first-order valence-corrected chi connectivity index (χ1v) is 6.72. The van der Waals surface area contributed by atoms with Gasteiger partial charge in [-0.2, -0.15) is 0 Å². The number of nitrogens with one attached hydrogen (secondary N) is 1. The molecule has 1 heterocycles. The molecule has 5 nitrogen and oxygen atoms in total. The summed E-state index contributed by atoms with van der Waals surface area (Å²) in [7, 11) is 0. The zero-order valence-electron chi connectivity index (χ0n) is 11.3. The molecule has 0 radical (unpaired) electrons. The van der Waals surface area contributed by atoms with E-state index in [1.165, 1.54) is 11.3 Å². The highest BCUT2D eigenvalue weighted by Crippen LogP contribution is 2.24. The molecule has 0 fully saturated rings. The summed E-state index contributed by atoms with van der Waals surface area (Å²) in [5, 5.41) is 12.4. The van der Waals surface area contributed by atoms with Crippen LogP contribution in [0.1, 0.15) is 42.6 Å². The Morgan fingerprint density at radius 1 is 1.56 bits per heavy atom. The van der Waals surface area contributed by atoms with E-state index in [0.29, 0.717) is 22.1 Å². The van der Waals surface area contributed by atoms with Crippen molar-refractivity contribution in [1.29, 1.82) is 0 Å². The van der Waals surface area contributed by atoms with E-state index in [9.17, 15) is 4.79 Å². The van der Waals surface area contributed by atoms with Gasteiger partial charge in [-0.3, -0.25) is 4.79 Å². The van der Waals surface area contributed by atoms with Crippen LogP contribution in [0.15, 0.2) is 0 Å². The number of hydrogen-bond donors (Lipinski definition) is 3. The maximum absolute atomic E-state index is 12.1. The van der Waals surface area contributed by atoms with Gasteiger partial charge in [-0.05, 0) is 18.8 Å². The molecule has 1 atom stereocenters. The third-order valence-corrected chi connectivity index (χ3v) is 3.77. The molecule has 0 aliphatic carbocycles. The Labute approximate surface area is 111 Å². The highest BCUT2D eigenvalue weighted by atomic mass is 32.1. The van der Waals surface area contributed by atoms with Gasteiger partial charge >= 0.3 is 0 Å². The molecule has 6 heteroatoms. The van der Waals surface area contributed by atoms with Crippen molar-refractivity contribution in [3.05, 3.63) is 10.6 Å². The van der Waals surface area contributed by atoms with E-state index in [4.69, 9.17) is 10.8 Å². The van der Waals surface area contributed by atoms with Gasteiger partial charge in [0, 0.05) is 12.6 Å². The molecule has 0 saturated carbocycles. The van der Waals surface area contributed by atoms with Crippen molar-refractivity contribution in [1.82, 2.24) is 10.3 Å². The van der Waals surface area contributed by atoms with Crippen LogP contribution < -0.4 is 11.1 Å². The fraction of sp³-hybridized carbons (Fsp3) is 0.667. The number of carbonyl (C=O) groups excluding carboxylic acids is 1. The fourth-order valence-corrected chi connectivity index (χ4v) is 2.44. The van der Waals surface area contributed by atoms with Crippen molar-refractivity contribution in [2.24, 2.45) is 5.41 Å². The van der Waals surface area contributed by atoms with Crippen LogP contribution in [-0.2, 0) is 0 Å². The smallest absolute Gasteiger partial charge is 0.263 e. The zero-order chi connectivity index (χ0) is 13.9. The summed E-state index contributed by atoms with van der Waals surface area (Å²) in [6, 6.07) is -0.0854. The van der Waals surface area contributed by atoms with Gasteiger partial charge in [-0.25, -0.2) is 4.98 Å². The van der Waals surface area contributed by atoms with E-state index in [1.807, 2.05) is 20.8 Å². The van der Waals surface area contributed by atoms with E-state index in [0.717, 1.165) is 0 Å². The van der Waals surface area contributed by atoms with E-state index < -0.39 is 0 Å². The van der Waals surface area contributed by atoms with Gasteiger partial charge in [0.1, 0.15) is 4.88 Å². The van der Waals surface area contributed by atoms with E-state index in [-0.39, 0.29) is 24.0 Å². The monoisotopic (exact) mass is 271 g/mol. The lowest BCUT2D eigenvalue weighted by atomic mass is 9.85. The number of nitrogens with zero attached hydrogens (tertiary/aromatic N) is 1. The van der Waals surface area contributed by atoms with Crippen LogP contribution >= 0.6 is 11.3 Å². The van der Waals surface area contributed by atoms with E-state index >= 15 is 0 Å². The third-order valence-electron chi connectivity index (χ3n) is 2.79. The highest BCUT2D eigenvalue weighted by molar-refractivity contribution is 7.17. The van der Waals surface area contributed by atoms with Crippen molar-refractivity contribution < 1.29 is 9.90 Å². The molecule has 0 aromatic carbocycles. The summed E-state index contributed by atoms with van der Waals surface area (Å²) in [4.78, 5) is 16.7. The molecule has 18 heavy (non-hydrogen) atoms. The fourth-order valence-electron chi connectivity index (χ4n) is 1.70. The minimum absolute atomic E-state index is 0.0476. The van der Waals surface area contributed by atoms with Crippen molar-refractivity contribution in [3.63, 3.8) is 0 Å². The predicted octanol–water partition coefficient (Wildman–Crippen LogP) is 1.56. The zero-order valence-corrected chi connectivity index (χ0v) is 12.1. The summed E-state index contributed by atoms with van der Waals surface area (Å²) < 4.78 is 0. The van der Waals surface area contributed by atoms with Crippen LogP contribution in [-0.4, -0.2) is 28.6 Å². The minimum atomic E-state index is -0.171. The molecule has 1 rings (SSSR count). The topological polar surface area (TPSA) is 88.2 Å². The lowest BCUT2D eigenvalue weighted by Crippen LogP contribution is -2.44. The first-order chi connectivity index (χ1) is 8.25. The summed E-state index contributed by atoms with van der Waals surface area (Å²) in [5.41, 5.74) is 6.12. The average Bonchev–Trinajstić information content (AvgIpc) is 2.55. The molecule has 0 saturated heterocycles. The van der Waals surface area contributed by atoms with E-state index in [1.54, 1.807) is 6.92 Å². The third kappa shape index (κ3) is 3.68. The number of aromatic nitrogens is 1. The highest BCUT2D eigenvalue weighted by Gasteiger charge is 2.27. The number of carbonyl (C=O) groups is 1. The van der Waals surface area contributed by atoms with Crippen molar-refractivity contribution in [3.8, 4) is 0 Å². The van der Waals surface area contributed by atoms with Gasteiger partial charge in [0.15, 0.2) is 5.13 Å². The number of aliphatic hydroxyl groups excluding tert-OH is 1. The van der Waals surface area contributed by atoms with Gasteiger partial charge < -0.3 is 16.2 Å². The summed E-state index contributed by atoms with van der Waals surface area (Å²) in [6.45, 7) is 7.90. The molecule has 0 bridgehead atoms. The lowest BCUT2D eigenvalue weighted by Gasteiger charge is -2.31. The van der Waals surface area contributed by atoms with E-state index in [2.05, 4.69) is 10.3 Å². The quantitative estimate of drug-likeness (QED) is 0.775. The SMILES string of the molecule is Cc1nc(N)sc1C(=O)NC(CCO)C(C)(C)C. The molecule has 0 aliphatic rings. The second-order valence-corrected chi connectivity index (χ2v) is 6.40. The Morgan fingerprint density at radius 2 is 2.17 bits per heavy atom. The van der Waals surface area contributed by atoms with Crippen molar-refractivity contribution in [2.75, 3.05) is 12.3 Å². The Bertz CT molecular complexity index is 423. The molecular formula is C12H21N3O2S. The molecule has 4 N–H and O–H groups in total. The van der Waals surface area contributed by atoms with Crippen LogP contribution in [0, 0.1) is 12.3 Å². The minimum Gasteiger partial charge on any atom is -0.396 e. The summed E-state index contributed by atoms with van der Waals surface area (Å²) >= 11 is 1.19. The maximum atomic E-state index is 12.1. The number of rotatable bonds is 4. The van der Waals surface area contributed by atoms with Crippen LogP contribution in [0.25, 0.3) is 0 Å². The Hall–Kier alpha value is -1.14.